The van der Waals surface area contributed by atoms with Gasteiger partial charge < -0.3 is 19.3 Å². The second kappa shape index (κ2) is 12.5. The van der Waals surface area contributed by atoms with Gasteiger partial charge in [-0.3, -0.25) is 4.90 Å². The van der Waals surface area contributed by atoms with E-state index in [9.17, 15) is 5.11 Å². The smallest absolute Gasteiger partial charge is 0.0900 e. The Bertz CT molecular complexity index is 212. The highest BCUT2D eigenvalue weighted by Gasteiger charge is 2.19. The third-order valence-electron chi connectivity index (χ3n) is 3.46. The van der Waals surface area contributed by atoms with Gasteiger partial charge in [0.2, 0.25) is 0 Å². The summed E-state index contributed by atoms with van der Waals surface area (Å²) in [5.74, 6) is 0. The Labute approximate surface area is 124 Å². The molecule has 0 aromatic rings. The van der Waals surface area contributed by atoms with Crippen molar-refractivity contribution in [2.24, 2.45) is 0 Å². The molecule has 20 heavy (non-hydrogen) atoms. The molecule has 2 atom stereocenters. The Morgan fingerprint density at radius 1 is 1.05 bits per heavy atom. The molecule has 0 aromatic carbocycles. The van der Waals surface area contributed by atoms with E-state index in [4.69, 9.17) is 14.2 Å². The zero-order chi connectivity index (χ0) is 15.4. The SMILES string of the molecule is CCC(CC)N(CCOC)CC(O)COC(C)COC. The summed E-state index contributed by atoms with van der Waals surface area (Å²) in [5, 5.41) is 10.1. The monoisotopic (exact) mass is 291 g/mol. The second-order valence-corrected chi connectivity index (χ2v) is 5.21. The fraction of sp³-hybridized carbons (Fsp3) is 1.00. The highest BCUT2D eigenvalue weighted by Crippen LogP contribution is 2.09. The van der Waals surface area contributed by atoms with Crippen molar-refractivity contribution in [2.75, 3.05) is 47.1 Å². The number of aliphatic hydroxyl groups excluding tert-OH is 1. The highest BCUT2D eigenvalue weighted by molar-refractivity contribution is 4.72. The van der Waals surface area contributed by atoms with E-state index in [0.717, 1.165) is 19.4 Å². The first-order valence-corrected chi connectivity index (χ1v) is 7.60. The van der Waals surface area contributed by atoms with Crippen LogP contribution in [0.25, 0.3) is 0 Å². The predicted molar refractivity (Wildman–Crippen MR) is 81.1 cm³/mol. The average molecular weight is 291 g/mol. The summed E-state index contributed by atoms with van der Waals surface area (Å²) in [7, 11) is 3.35. The van der Waals surface area contributed by atoms with Gasteiger partial charge in [-0.2, -0.15) is 0 Å². The van der Waals surface area contributed by atoms with Gasteiger partial charge in [-0.1, -0.05) is 13.8 Å². The lowest BCUT2D eigenvalue weighted by atomic mass is 10.1. The molecule has 0 aromatic heterocycles. The van der Waals surface area contributed by atoms with Crippen LogP contribution in [0.3, 0.4) is 0 Å². The van der Waals surface area contributed by atoms with Crippen LogP contribution in [0.15, 0.2) is 0 Å². The normalized spacial score (nSPS) is 15.0. The van der Waals surface area contributed by atoms with Crippen molar-refractivity contribution in [3.8, 4) is 0 Å². The van der Waals surface area contributed by atoms with E-state index in [2.05, 4.69) is 18.7 Å². The highest BCUT2D eigenvalue weighted by atomic mass is 16.5. The molecule has 0 bridgehead atoms. The van der Waals surface area contributed by atoms with E-state index < -0.39 is 6.10 Å². The van der Waals surface area contributed by atoms with Crippen LogP contribution >= 0.6 is 0 Å². The van der Waals surface area contributed by atoms with Crippen LogP contribution in [0.2, 0.25) is 0 Å². The number of nitrogens with zero attached hydrogens (tertiary/aromatic N) is 1. The van der Waals surface area contributed by atoms with E-state index in [1.807, 2.05) is 6.92 Å². The molecule has 0 rings (SSSR count). The minimum absolute atomic E-state index is 0.00947. The Balaban J connectivity index is 4.19. The van der Waals surface area contributed by atoms with Gasteiger partial charge in [0.25, 0.3) is 0 Å². The van der Waals surface area contributed by atoms with Crippen molar-refractivity contribution in [3.05, 3.63) is 0 Å². The minimum atomic E-state index is -0.480. The Morgan fingerprint density at radius 2 is 1.70 bits per heavy atom. The Hall–Kier alpha value is -0.200. The van der Waals surface area contributed by atoms with E-state index in [1.54, 1.807) is 14.2 Å². The van der Waals surface area contributed by atoms with Gasteiger partial charge in [0, 0.05) is 33.4 Å². The maximum absolute atomic E-state index is 10.1. The third kappa shape index (κ3) is 8.87. The summed E-state index contributed by atoms with van der Waals surface area (Å²) in [5.41, 5.74) is 0. The summed E-state index contributed by atoms with van der Waals surface area (Å²) in [4.78, 5) is 2.29. The van der Waals surface area contributed by atoms with E-state index >= 15 is 0 Å². The number of ether oxygens (including phenoxy) is 3. The number of methoxy groups -OCH3 is 2. The zero-order valence-corrected chi connectivity index (χ0v) is 13.8. The van der Waals surface area contributed by atoms with Crippen LogP contribution in [-0.2, 0) is 14.2 Å². The lowest BCUT2D eigenvalue weighted by Gasteiger charge is -2.32. The topological polar surface area (TPSA) is 51.2 Å². The van der Waals surface area contributed by atoms with Crippen LogP contribution in [0.5, 0.6) is 0 Å². The van der Waals surface area contributed by atoms with Gasteiger partial charge in [0.1, 0.15) is 0 Å². The quantitative estimate of drug-likeness (QED) is 0.558. The molecule has 1 N–H and O–H groups in total. The largest absolute Gasteiger partial charge is 0.389 e. The van der Waals surface area contributed by atoms with Crippen molar-refractivity contribution in [2.45, 2.75) is 51.9 Å². The number of hydrogen-bond donors (Lipinski definition) is 1. The van der Waals surface area contributed by atoms with Crippen molar-refractivity contribution in [1.82, 2.24) is 4.90 Å². The van der Waals surface area contributed by atoms with Crippen molar-refractivity contribution < 1.29 is 19.3 Å². The second-order valence-electron chi connectivity index (χ2n) is 5.21. The van der Waals surface area contributed by atoms with Crippen LogP contribution < -0.4 is 0 Å². The fourth-order valence-corrected chi connectivity index (χ4v) is 2.32. The van der Waals surface area contributed by atoms with Gasteiger partial charge in [0.05, 0.1) is 32.0 Å². The lowest BCUT2D eigenvalue weighted by molar-refractivity contribution is -0.0448. The standard InChI is InChI=1S/C15H33NO4/c1-6-14(7-2)16(8-9-18-4)10-15(17)12-20-13(3)11-19-5/h13-15,17H,6-12H2,1-5H3. The van der Waals surface area contributed by atoms with Crippen LogP contribution in [0, 0.1) is 0 Å². The molecule has 0 spiro atoms. The first-order chi connectivity index (χ1) is 9.58. The van der Waals surface area contributed by atoms with Crippen molar-refractivity contribution in [3.63, 3.8) is 0 Å². The van der Waals surface area contributed by atoms with Gasteiger partial charge in [-0.25, -0.2) is 0 Å². The molecule has 0 fully saturated rings. The molecule has 0 saturated heterocycles. The van der Waals surface area contributed by atoms with E-state index in [0.29, 0.717) is 32.4 Å². The Kier molecular flexibility index (Phi) is 12.4. The predicted octanol–water partition coefficient (Wildman–Crippen LogP) is 1.54. The van der Waals surface area contributed by atoms with Crippen LogP contribution in [0.4, 0.5) is 0 Å². The van der Waals surface area contributed by atoms with Gasteiger partial charge in [-0.15, -0.1) is 0 Å². The van der Waals surface area contributed by atoms with Crippen LogP contribution in [0.1, 0.15) is 33.6 Å². The molecular formula is C15H33NO4. The number of rotatable bonds is 13. The number of hydrogen-bond acceptors (Lipinski definition) is 5. The van der Waals surface area contributed by atoms with Gasteiger partial charge in [0.15, 0.2) is 0 Å². The molecule has 5 nitrogen and oxygen atoms in total. The van der Waals surface area contributed by atoms with E-state index in [-0.39, 0.29) is 6.10 Å². The maximum Gasteiger partial charge on any atom is 0.0900 e. The Morgan fingerprint density at radius 3 is 2.20 bits per heavy atom. The molecule has 122 valence electrons. The van der Waals surface area contributed by atoms with Gasteiger partial charge in [-0.05, 0) is 19.8 Å². The van der Waals surface area contributed by atoms with Crippen molar-refractivity contribution in [1.29, 1.82) is 0 Å². The molecule has 0 heterocycles. The lowest BCUT2D eigenvalue weighted by Crippen LogP contribution is -2.43. The molecule has 5 heteroatoms. The molecule has 0 saturated carbocycles. The number of aliphatic hydroxyl groups is 1. The first kappa shape index (κ1) is 19.8. The average Bonchev–Trinajstić information content (AvgIpc) is 2.44. The molecular weight excluding hydrogens is 258 g/mol. The molecule has 0 aliphatic rings. The third-order valence-corrected chi connectivity index (χ3v) is 3.46. The summed E-state index contributed by atoms with van der Waals surface area (Å²) >= 11 is 0. The van der Waals surface area contributed by atoms with Crippen molar-refractivity contribution >= 4 is 0 Å². The fourth-order valence-electron chi connectivity index (χ4n) is 2.32. The minimum Gasteiger partial charge on any atom is -0.389 e. The molecule has 0 radical (unpaired) electrons. The molecule has 0 amide bonds. The summed E-state index contributed by atoms with van der Waals surface area (Å²) < 4.78 is 15.7. The van der Waals surface area contributed by atoms with Gasteiger partial charge >= 0.3 is 0 Å². The summed E-state index contributed by atoms with van der Waals surface area (Å²) in [6, 6.07) is 0.483. The summed E-state index contributed by atoms with van der Waals surface area (Å²) in [6.07, 6.45) is 1.68. The zero-order valence-electron chi connectivity index (χ0n) is 13.8. The maximum atomic E-state index is 10.1. The van der Waals surface area contributed by atoms with E-state index in [1.165, 1.54) is 0 Å². The molecule has 2 unspecified atom stereocenters. The molecule has 0 aliphatic heterocycles. The molecule has 0 aliphatic carbocycles. The van der Waals surface area contributed by atoms with Crippen LogP contribution in [-0.4, -0.2) is 75.4 Å². The first-order valence-electron chi connectivity index (χ1n) is 7.60. The summed E-state index contributed by atoms with van der Waals surface area (Å²) in [6.45, 7) is 9.34.